The van der Waals surface area contributed by atoms with E-state index in [0.29, 0.717) is 0 Å². The number of nitrogens with zero attached hydrogens (tertiary/aromatic N) is 1. The van der Waals surface area contributed by atoms with Crippen LogP contribution in [-0.2, 0) is 0 Å². The summed E-state index contributed by atoms with van der Waals surface area (Å²) in [6.07, 6.45) is 4.01. The zero-order chi connectivity index (χ0) is 13.1. The van der Waals surface area contributed by atoms with Gasteiger partial charge >= 0.3 is 0 Å². The van der Waals surface area contributed by atoms with Gasteiger partial charge in [-0.25, -0.2) is 4.98 Å². The predicted octanol–water partition coefficient (Wildman–Crippen LogP) is 4.45. The first-order chi connectivity index (χ1) is 9.38. The van der Waals surface area contributed by atoms with Crippen molar-refractivity contribution in [3.05, 3.63) is 48.0 Å². The Morgan fingerprint density at radius 2 is 1.95 bits per heavy atom. The zero-order valence-corrected chi connectivity index (χ0v) is 11.4. The zero-order valence-electron chi connectivity index (χ0n) is 11.4. The number of pyridine rings is 1. The molecular formula is C17H20N2. The van der Waals surface area contributed by atoms with Gasteiger partial charge in [-0.2, -0.15) is 0 Å². The van der Waals surface area contributed by atoms with Gasteiger partial charge in [-0.3, -0.25) is 0 Å². The summed E-state index contributed by atoms with van der Waals surface area (Å²) in [6, 6.07) is 14.9. The summed E-state index contributed by atoms with van der Waals surface area (Å²) in [5.74, 6) is 1.70. The first kappa shape index (κ1) is 12.2. The van der Waals surface area contributed by atoms with Gasteiger partial charge < -0.3 is 5.32 Å². The lowest BCUT2D eigenvalue weighted by atomic mass is 9.78. The van der Waals surface area contributed by atoms with Crippen molar-refractivity contribution in [2.24, 2.45) is 0 Å². The summed E-state index contributed by atoms with van der Waals surface area (Å²) < 4.78 is 0. The fraction of sp³-hybridized carbons (Fsp3) is 0.353. The quantitative estimate of drug-likeness (QED) is 0.869. The second kappa shape index (κ2) is 5.43. The van der Waals surface area contributed by atoms with Crippen LogP contribution in [0.1, 0.15) is 37.7 Å². The number of anilines is 1. The minimum Gasteiger partial charge on any atom is -0.370 e. The summed E-state index contributed by atoms with van der Waals surface area (Å²) in [6.45, 7) is 3.00. The molecule has 1 fully saturated rings. The lowest BCUT2D eigenvalue weighted by Gasteiger charge is -2.27. The van der Waals surface area contributed by atoms with E-state index in [9.17, 15) is 0 Å². The number of rotatable bonds is 4. The van der Waals surface area contributed by atoms with Gasteiger partial charge in [0.05, 0.1) is 5.69 Å². The Hall–Kier alpha value is -1.83. The molecule has 0 bridgehead atoms. The highest BCUT2D eigenvalue weighted by molar-refractivity contribution is 5.66. The summed E-state index contributed by atoms with van der Waals surface area (Å²) in [4.78, 5) is 4.72. The van der Waals surface area contributed by atoms with E-state index in [2.05, 4.69) is 48.6 Å². The first-order valence-electron chi connectivity index (χ1n) is 7.18. The largest absolute Gasteiger partial charge is 0.370 e. The Morgan fingerprint density at radius 3 is 2.68 bits per heavy atom. The van der Waals surface area contributed by atoms with Crippen LogP contribution in [0.15, 0.2) is 42.5 Å². The Labute approximate surface area is 114 Å². The maximum Gasteiger partial charge on any atom is 0.126 e. The molecule has 1 heterocycles. The van der Waals surface area contributed by atoms with Crippen molar-refractivity contribution in [1.82, 2.24) is 4.98 Å². The van der Waals surface area contributed by atoms with Crippen LogP contribution in [0.5, 0.6) is 0 Å². The van der Waals surface area contributed by atoms with Crippen LogP contribution in [-0.4, -0.2) is 11.5 Å². The monoisotopic (exact) mass is 252 g/mol. The molecule has 0 aliphatic heterocycles. The molecule has 0 atom stereocenters. The predicted molar refractivity (Wildman–Crippen MR) is 80.4 cm³/mol. The van der Waals surface area contributed by atoms with Gasteiger partial charge in [-0.05, 0) is 43.4 Å². The highest BCUT2D eigenvalue weighted by atomic mass is 15.0. The molecule has 0 spiro atoms. The highest BCUT2D eigenvalue weighted by Gasteiger charge is 2.22. The van der Waals surface area contributed by atoms with Crippen LogP contribution in [0.3, 0.4) is 0 Å². The number of benzene rings is 1. The Morgan fingerprint density at radius 1 is 1.11 bits per heavy atom. The molecule has 1 saturated carbocycles. The average Bonchev–Trinajstić information content (AvgIpc) is 2.38. The lowest BCUT2D eigenvalue weighted by Crippen LogP contribution is -2.10. The van der Waals surface area contributed by atoms with Gasteiger partial charge in [0, 0.05) is 12.1 Å². The third-order valence-corrected chi connectivity index (χ3v) is 3.89. The molecule has 0 unspecified atom stereocenters. The fourth-order valence-corrected chi connectivity index (χ4v) is 2.67. The van der Waals surface area contributed by atoms with E-state index in [1.807, 2.05) is 6.07 Å². The molecule has 19 heavy (non-hydrogen) atoms. The molecule has 2 nitrogen and oxygen atoms in total. The summed E-state index contributed by atoms with van der Waals surface area (Å²) in [5, 5.41) is 3.28. The smallest absolute Gasteiger partial charge is 0.126 e. The Balaban J connectivity index is 1.99. The second-order valence-electron chi connectivity index (χ2n) is 5.15. The number of hydrogen-bond acceptors (Lipinski definition) is 2. The van der Waals surface area contributed by atoms with E-state index < -0.39 is 0 Å². The van der Waals surface area contributed by atoms with Gasteiger partial charge in [-0.1, -0.05) is 36.8 Å². The van der Waals surface area contributed by atoms with E-state index in [-0.39, 0.29) is 0 Å². The molecule has 1 aromatic heterocycles. The molecule has 1 aromatic carbocycles. The molecule has 1 N–H and O–H groups in total. The summed E-state index contributed by atoms with van der Waals surface area (Å²) in [7, 11) is 0. The van der Waals surface area contributed by atoms with Crippen molar-refractivity contribution in [1.29, 1.82) is 0 Å². The highest BCUT2D eigenvalue weighted by Crippen LogP contribution is 2.40. The first-order valence-corrected chi connectivity index (χ1v) is 7.18. The third kappa shape index (κ3) is 2.48. The topological polar surface area (TPSA) is 24.9 Å². The van der Waals surface area contributed by atoms with Gasteiger partial charge in [0.25, 0.3) is 0 Å². The van der Waals surface area contributed by atoms with E-state index in [1.54, 1.807) is 0 Å². The molecule has 98 valence electrons. The SMILES string of the molecule is CCNc1cccc(-c2ccccc2C2CCC2)n1. The van der Waals surface area contributed by atoms with Gasteiger partial charge in [0.1, 0.15) is 5.82 Å². The molecule has 2 heteroatoms. The molecule has 3 rings (SSSR count). The standard InChI is InChI=1S/C17H20N2/c1-2-18-17-12-6-11-16(19-17)15-10-4-3-9-14(15)13-7-5-8-13/h3-4,6,9-13H,2,5,7-8H2,1H3,(H,18,19). The number of nitrogens with one attached hydrogen (secondary N) is 1. The molecule has 0 amide bonds. The summed E-state index contributed by atoms with van der Waals surface area (Å²) in [5.41, 5.74) is 3.85. The van der Waals surface area contributed by atoms with Gasteiger partial charge in [0.15, 0.2) is 0 Å². The maximum absolute atomic E-state index is 4.72. The van der Waals surface area contributed by atoms with Crippen LogP contribution < -0.4 is 5.32 Å². The van der Waals surface area contributed by atoms with Gasteiger partial charge in [0.2, 0.25) is 0 Å². The van der Waals surface area contributed by atoms with Crippen molar-refractivity contribution >= 4 is 5.82 Å². The van der Waals surface area contributed by atoms with Crippen LogP contribution in [0.2, 0.25) is 0 Å². The lowest BCUT2D eigenvalue weighted by molar-refractivity contribution is 0.420. The Bertz CT molecular complexity index is 559. The molecule has 1 aliphatic rings. The average molecular weight is 252 g/mol. The van der Waals surface area contributed by atoms with Crippen LogP contribution >= 0.6 is 0 Å². The Kier molecular flexibility index (Phi) is 3.49. The molecule has 1 aliphatic carbocycles. The number of hydrogen-bond donors (Lipinski definition) is 1. The van der Waals surface area contributed by atoms with Crippen molar-refractivity contribution < 1.29 is 0 Å². The number of aromatic nitrogens is 1. The molecular weight excluding hydrogens is 232 g/mol. The summed E-state index contributed by atoms with van der Waals surface area (Å²) >= 11 is 0. The third-order valence-electron chi connectivity index (χ3n) is 3.89. The van der Waals surface area contributed by atoms with Crippen LogP contribution in [0.4, 0.5) is 5.82 Å². The molecule has 0 radical (unpaired) electrons. The normalized spacial score (nSPS) is 15.0. The van der Waals surface area contributed by atoms with Crippen LogP contribution in [0.25, 0.3) is 11.3 Å². The molecule has 0 saturated heterocycles. The fourth-order valence-electron chi connectivity index (χ4n) is 2.67. The molecule has 2 aromatic rings. The van der Waals surface area contributed by atoms with Crippen molar-refractivity contribution in [3.63, 3.8) is 0 Å². The van der Waals surface area contributed by atoms with Crippen molar-refractivity contribution in [3.8, 4) is 11.3 Å². The van der Waals surface area contributed by atoms with E-state index in [1.165, 1.54) is 30.4 Å². The minimum absolute atomic E-state index is 0.737. The maximum atomic E-state index is 4.72. The van der Waals surface area contributed by atoms with Crippen molar-refractivity contribution in [2.45, 2.75) is 32.1 Å². The minimum atomic E-state index is 0.737. The van der Waals surface area contributed by atoms with E-state index in [0.717, 1.165) is 24.0 Å². The van der Waals surface area contributed by atoms with Gasteiger partial charge in [-0.15, -0.1) is 0 Å². The van der Waals surface area contributed by atoms with E-state index >= 15 is 0 Å². The second-order valence-corrected chi connectivity index (χ2v) is 5.15. The van der Waals surface area contributed by atoms with E-state index in [4.69, 9.17) is 4.98 Å². The van der Waals surface area contributed by atoms with Crippen LogP contribution in [0, 0.1) is 0 Å². The van der Waals surface area contributed by atoms with Crippen molar-refractivity contribution in [2.75, 3.05) is 11.9 Å².